The molecule has 0 unspecified atom stereocenters. The number of hydrogen-bond acceptors (Lipinski definition) is 10. The Morgan fingerprint density at radius 1 is 0.659 bits per heavy atom. The summed E-state index contributed by atoms with van der Waals surface area (Å²) in [5, 5.41) is 2.84. The largest absolute Gasteiger partial charge is 0.460 e. The molecule has 0 atom stereocenters. The van der Waals surface area contributed by atoms with Gasteiger partial charge in [0.1, 0.15) is 6.61 Å². The van der Waals surface area contributed by atoms with Gasteiger partial charge in [0.25, 0.3) is 10.1 Å². The van der Waals surface area contributed by atoms with Crippen LogP contribution < -0.4 is 5.32 Å². The fraction of sp³-hybridized carbons (Fsp3) is 0.367. The second-order valence-electron chi connectivity index (χ2n) is 8.92. The number of nitrogens with one attached hydrogen (secondary N) is 1. The van der Waals surface area contributed by atoms with Crippen LogP contribution in [0.1, 0.15) is 15.9 Å². The maximum Gasteiger partial charge on any atom is 0.416 e. The van der Waals surface area contributed by atoms with Crippen LogP contribution in [-0.2, 0) is 44.2 Å². The van der Waals surface area contributed by atoms with Crippen LogP contribution in [0, 0.1) is 0 Å². The van der Waals surface area contributed by atoms with Crippen LogP contribution in [0.5, 0.6) is 0 Å². The van der Waals surface area contributed by atoms with E-state index in [0.29, 0.717) is 32.1 Å². The maximum absolute atomic E-state index is 13.0. The van der Waals surface area contributed by atoms with E-state index in [4.69, 9.17) is 27.9 Å². The fourth-order valence-corrected chi connectivity index (χ4v) is 4.50. The molecule has 10 nitrogen and oxygen atoms in total. The van der Waals surface area contributed by atoms with Crippen molar-refractivity contribution in [1.82, 2.24) is 0 Å². The van der Waals surface area contributed by atoms with Gasteiger partial charge in [-0.2, -0.15) is 21.6 Å². The molecule has 0 aliphatic rings. The second-order valence-corrected chi connectivity index (χ2v) is 10.5. The summed E-state index contributed by atoms with van der Waals surface area (Å²) in [6.07, 6.45) is -4.48. The Kier molecular flexibility index (Phi) is 14.6. The fourth-order valence-electron chi connectivity index (χ4n) is 3.59. The van der Waals surface area contributed by atoms with Gasteiger partial charge in [-0.15, -0.1) is 0 Å². The first-order chi connectivity index (χ1) is 21.2. The number of benzene rings is 3. The van der Waals surface area contributed by atoms with E-state index in [1.807, 2.05) is 0 Å². The Morgan fingerprint density at radius 3 is 1.82 bits per heavy atom. The molecule has 0 fully saturated rings. The molecule has 0 aromatic heterocycles. The Labute approximate surface area is 254 Å². The van der Waals surface area contributed by atoms with Crippen LogP contribution in [0.4, 0.5) is 24.5 Å². The predicted molar refractivity (Wildman–Crippen MR) is 154 cm³/mol. The molecule has 0 amide bonds. The number of rotatable bonds is 20. The number of anilines is 2. The molecule has 1 N–H and O–H groups in total. The first kappa shape index (κ1) is 35.0. The van der Waals surface area contributed by atoms with Crippen LogP contribution in [0.3, 0.4) is 0 Å². The van der Waals surface area contributed by atoms with Crippen molar-refractivity contribution in [3.05, 3.63) is 90.0 Å². The van der Waals surface area contributed by atoms with Crippen LogP contribution in [0.2, 0.25) is 0 Å². The van der Waals surface area contributed by atoms with Gasteiger partial charge in [-0.25, -0.2) is 4.79 Å². The topological polar surface area (TPSA) is 119 Å². The Hall–Kier alpha value is -3.53. The molecule has 3 aromatic rings. The van der Waals surface area contributed by atoms with Crippen molar-refractivity contribution in [3.8, 4) is 0 Å². The molecular weight excluding hydrogens is 607 g/mol. The van der Waals surface area contributed by atoms with Crippen molar-refractivity contribution in [2.75, 3.05) is 71.4 Å². The monoisotopic (exact) mass is 641 g/mol. The lowest BCUT2D eigenvalue weighted by Gasteiger charge is -2.13. The average molecular weight is 642 g/mol. The average Bonchev–Trinajstić information content (AvgIpc) is 3.01. The lowest BCUT2D eigenvalue weighted by Crippen LogP contribution is -2.16. The zero-order valence-corrected chi connectivity index (χ0v) is 24.6. The van der Waals surface area contributed by atoms with Crippen molar-refractivity contribution in [2.24, 2.45) is 0 Å². The third-order valence-corrected chi connectivity index (χ3v) is 7.02. The highest BCUT2D eigenvalue weighted by Gasteiger charge is 2.30. The number of hydrogen-bond donors (Lipinski definition) is 1. The standard InChI is InChI=1S/C30H34F3NO9S/c31-30(32,33)24-7-6-8-25(23-24)34-28-12-5-4-11-27(28)29(35)42-21-19-40-17-15-38-13-14-39-16-18-41-20-22-43-44(36,37)26-9-2-1-3-10-26/h1-12,23,34H,13-22H2. The quantitative estimate of drug-likeness (QED) is 0.102. The van der Waals surface area contributed by atoms with Crippen LogP contribution in [-0.4, -0.2) is 80.5 Å². The zero-order valence-electron chi connectivity index (χ0n) is 23.8. The Balaban J connectivity index is 1.18. The van der Waals surface area contributed by atoms with E-state index in [0.717, 1.165) is 12.1 Å². The Morgan fingerprint density at radius 2 is 1.20 bits per heavy atom. The van der Waals surface area contributed by atoms with Crippen molar-refractivity contribution in [2.45, 2.75) is 11.1 Å². The van der Waals surface area contributed by atoms with E-state index in [-0.39, 0.29) is 55.8 Å². The highest BCUT2D eigenvalue weighted by Crippen LogP contribution is 2.32. The summed E-state index contributed by atoms with van der Waals surface area (Å²) in [5.74, 6) is -0.647. The molecule has 3 aromatic carbocycles. The molecule has 0 aliphatic heterocycles. The van der Waals surface area contributed by atoms with E-state index < -0.39 is 27.8 Å². The van der Waals surface area contributed by atoms with Crippen LogP contribution in [0.15, 0.2) is 83.8 Å². The van der Waals surface area contributed by atoms with E-state index in [9.17, 15) is 26.4 Å². The number of carbonyl (C=O) groups is 1. The summed E-state index contributed by atoms with van der Waals surface area (Å²) in [6, 6.07) is 18.9. The minimum atomic E-state index is -4.48. The summed E-state index contributed by atoms with van der Waals surface area (Å²) >= 11 is 0. The van der Waals surface area contributed by atoms with Gasteiger partial charge in [0.15, 0.2) is 0 Å². The van der Waals surface area contributed by atoms with Gasteiger partial charge in [-0.3, -0.25) is 4.18 Å². The second kappa shape index (κ2) is 18.3. The number of esters is 1. The van der Waals surface area contributed by atoms with Crippen molar-refractivity contribution < 1.29 is 54.3 Å². The highest BCUT2D eigenvalue weighted by atomic mass is 32.2. The molecule has 0 aliphatic carbocycles. The van der Waals surface area contributed by atoms with Crippen LogP contribution >= 0.6 is 0 Å². The third-order valence-electron chi connectivity index (χ3n) is 5.69. The van der Waals surface area contributed by atoms with E-state index >= 15 is 0 Å². The lowest BCUT2D eigenvalue weighted by molar-refractivity contribution is -0.137. The van der Waals surface area contributed by atoms with Crippen LogP contribution in [0.25, 0.3) is 0 Å². The molecule has 0 spiro atoms. The minimum absolute atomic E-state index is 0.0247. The van der Waals surface area contributed by atoms with Crippen molar-refractivity contribution >= 4 is 27.5 Å². The zero-order chi connectivity index (χ0) is 31.7. The summed E-state index contributed by atoms with van der Waals surface area (Å²) in [5.41, 5.74) is -0.145. The summed E-state index contributed by atoms with van der Waals surface area (Å²) in [6.45, 7) is 1.88. The van der Waals surface area contributed by atoms with Gasteiger partial charge in [0, 0.05) is 5.69 Å². The summed E-state index contributed by atoms with van der Waals surface area (Å²) in [7, 11) is -3.80. The number of para-hydroxylation sites is 1. The molecule has 240 valence electrons. The maximum atomic E-state index is 13.0. The van der Waals surface area contributed by atoms with Gasteiger partial charge in [0.2, 0.25) is 0 Å². The van der Waals surface area contributed by atoms with E-state index in [2.05, 4.69) is 5.32 Å². The normalized spacial score (nSPS) is 11.8. The van der Waals surface area contributed by atoms with E-state index in [1.54, 1.807) is 36.4 Å². The Bertz CT molecular complexity index is 1390. The van der Waals surface area contributed by atoms with Crippen molar-refractivity contribution in [1.29, 1.82) is 0 Å². The molecule has 0 heterocycles. The number of halogens is 3. The van der Waals surface area contributed by atoms with Gasteiger partial charge in [-0.1, -0.05) is 36.4 Å². The lowest BCUT2D eigenvalue weighted by atomic mass is 10.1. The number of ether oxygens (including phenoxy) is 5. The summed E-state index contributed by atoms with van der Waals surface area (Å²) in [4.78, 5) is 12.6. The van der Waals surface area contributed by atoms with Gasteiger partial charge in [-0.05, 0) is 42.5 Å². The van der Waals surface area contributed by atoms with Gasteiger partial charge >= 0.3 is 12.1 Å². The first-order valence-corrected chi connectivity index (χ1v) is 15.0. The number of carbonyl (C=O) groups excluding carboxylic acids is 1. The van der Waals surface area contributed by atoms with Crippen molar-refractivity contribution in [3.63, 3.8) is 0 Å². The minimum Gasteiger partial charge on any atom is -0.460 e. The molecule has 0 radical (unpaired) electrons. The van der Waals surface area contributed by atoms with Gasteiger partial charge < -0.3 is 29.0 Å². The molecule has 14 heteroatoms. The number of alkyl halides is 3. The third kappa shape index (κ3) is 12.6. The first-order valence-electron chi connectivity index (χ1n) is 13.6. The molecule has 0 bridgehead atoms. The molecule has 0 saturated heterocycles. The molecule has 0 saturated carbocycles. The smallest absolute Gasteiger partial charge is 0.416 e. The van der Waals surface area contributed by atoms with Gasteiger partial charge in [0.05, 0.1) is 81.2 Å². The molecular formula is C30H34F3NO9S. The predicted octanol–water partition coefficient (Wildman–Crippen LogP) is 5.08. The molecule has 3 rings (SSSR count). The molecule has 44 heavy (non-hydrogen) atoms. The van der Waals surface area contributed by atoms with E-state index in [1.165, 1.54) is 30.3 Å². The highest BCUT2D eigenvalue weighted by molar-refractivity contribution is 7.86. The summed E-state index contributed by atoms with van der Waals surface area (Å²) < 4.78 is 94.5. The SMILES string of the molecule is O=C(OCCOCCOCCOCCOCCOS(=O)(=O)c1ccccc1)c1ccccc1Nc1cccc(C(F)(F)F)c1.